The van der Waals surface area contributed by atoms with Crippen molar-refractivity contribution < 1.29 is 13.2 Å². The molecular weight excluding hydrogens is 266 g/mol. The van der Waals surface area contributed by atoms with E-state index < -0.39 is 10.0 Å². The highest BCUT2D eigenvalue weighted by Crippen LogP contribution is 2.37. The summed E-state index contributed by atoms with van der Waals surface area (Å²) in [7, 11) is -3.58. The van der Waals surface area contributed by atoms with Gasteiger partial charge in [0.2, 0.25) is 10.0 Å². The molecule has 1 aromatic rings. The van der Waals surface area contributed by atoms with Crippen molar-refractivity contribution in [2.75, 3.05) is 6.61 Å². The van der Waals surface area contributed by atoms with E-state index in [2.05, 4.69) is 9.71 Å². The number of hydrogen-bond donors (Lipinski definition) is 2. The Hall–Kier alpha value is -1.02. The quantitative estimate of drug-likeness (QED) is 0.805. The van der Waals surface area contributed by atoms with Crippen LogP contribution in [0.5, 0.6) is 0 Å². The van der Waals surface area contributed by atoms with Crippen LogP contribution < -0.4 is 10.5 Å². The average molecular weight is 283 g/mol. The maximum absolute atomic E-state index is 12.2. The van der Waals surface area contributed by atoms with Gasteiger partial charge in [0, 0.05) is 31.0 Å². The smallest absolute Gasteiger partial charge is 0.242 e. The van der Waals surface area contributed by atoms with Crippen molar-refractivity contribution in [3.8, 4) is 0 Å². The lowest BCUT2D eigenvalue weighted by Crippen LogP contribution is -2.71. The maximum atomic E-state index is 12.2. The van der Waals surface area contributed by atoms with E-state index in [0.717, 1.165) is 12.8 Å². The fourth-order valence-electron chi connectivity index (χ4n) is 2.85. The maximum Gasteiger partial charge on any atom is 0.242 e. The van der Waals surface area contributed by atoms with Gasteiger partial charge < -0.3 is 10.5 Å². The summed E-state index contributed by atoms with van der Waals surface area (Å²) in [4.78, 5) is 3.98. The average Bonchev–Trinajstić information content (AvgIpc) is 2.45. The predicted octanol–water partition coefficient (Wildman–Crippen LogP) is -0.135. The Morgan fingerprint density at radius 3 is 3.05 bits per heavy atom. The van der Waals surface area contributed by atoms with Crippen LogP contribution in [-0.2, 0) is 14.8 Å². The first-order valence-corrected chi connectivity index (χ1v) is 7.87. The molecule has 6 nitrogen and oxygen atoms in total. The molecule has 3 N–H and O–H groups in total. The molecule has 0 radical (unpaired) electrons. The molecular formula is C12H17N3O3S. The van der Waals surface area contributed by atoms with Crippen molar-refractivity contribution >= 4 is 10.0 Å². The lowest BCUT2D eigenvalue weighted by molar-refractivity contribution is -0.114. The summed E-state index contributed by atoms with van der Waals surface area (Å²) >= 11 is 0. The minimum Gasteiger partial charge on any atom is -0.376 e. The van der Waals surface area contributed by atoms with Gasteiger partial charge in [0.05, 0.1) is 12.1 Å². The number of ether oxygens (including phenoxy) is 1. The Balaban J connectivity index is 1.75. The molecule has 3 rings (SSSR count). The lowest BCUT2D eigenvalue weighted by atomic mass is 9.69. The number of hydrogen-bond acceptors (Lipinski definition) is 5. The van der Waals surface area contributed by atoms with Crippen LogP contribution in [0.25, 0.3) is 0 Å². The van der Waals surface area contributed by atoms with Crippen LogP contribution >= 0.6 is 0 Å². The minimum absolute atomic E-state index is 0.0878. The van der Waals surface area contributed by atoms with Gasteiger partial charge in [-0.15, -0.1) is 0 Å². The Kier molecular flexibility index (Phi) is 3.30. The molecule has 1 saturated carbocycles. The van der Waals surface area contributed by atoms with Crippen molar-refractivity contribution in [2.24, 2.45) is 11.7 Å². The largest absolute Gasteiger partial charge is 0.376 e. The van der Waals surface area contributed by atoms with E-state index in [4.69, 9.17) is 10.5 Å². The molecule has 2 fully saturated rings. The topological polar surface area (TPSA) is 94.3 Å². The molecule has 0 spiro atoms. The predicted molar refractivity (Wildman–Crippen MR) is 68.8 cm³/mol. The van der Waals surface area contributed by atoms with Crippen molar-refractivity contribution in [3.05, 3.63) is 24.5 Å². The van der Waals surface area contributed by atoms with E-state index in [1.807, 2.05) is 0 Å². The molecule has 19 heavy (non-hydrogen) atoms. The van der Waals surface area contributed by atoms with Crippen LogP contribution in [0.2, 0.25) is 0 Å². The van der Waals surface area contributed by atoms with Crippen molar-refractivity contribution in [1.29, 1.82) is 0 Å². The van der Waals surface area contributed by atoms with Gasteiger partial charge in [0.1, 0.15) is 4.90 Å². The second kappa shape index (κ2) is 4.82. The van der Waals surface area contributed by atoms with Gasteiger partial charge >= 0.3 is 0 Å². The molecule has 0 bridgehead atoms. The Morgan fingerprint density at radius 1 is 1.47 bits per heavy atom. The number of aromatic nitrogens is 1. The van der Waals surface area contributed by atoms with Gasteiger partial charge in [-0.1, -0.05) is 0 Å². The summed E-state index contributed by atoms with van der Waals surface area (Å²) < 4.78 is 32.6. The summed E-state index contributed by atoms with van der Waals surface area (Å²) in [5.74, 6) is 0.273. The van der Waals surface area contributed by atoms with Crippen LogP contribution in [-0.4, -0.2) is 38.2 Å². The van der Waals surface area contributed by atoms with Gasteiger partial charge in [0.15, 0.2) is 0 Å². The van der Waals surface area contributed by atoms with Gasteiger partial charge in [-0.3, -0.25) is 4.98 Å². The molecule has 0 amide bonds. The fraction of sp³-hybridized carbons (Fsp3) is 0.583. The van der Waals surface area contributed by atoms with E-state index in [9.17, 15) is 8.42 Å². The molecule has 1 aliphatic carbocycles. The highest BCUT2D eigenvalue weighted by molar-refractivity contribution is 7.89. The van der Waals surface area contributed by atoms with Gasteiger partial charge in [-0.25, -0.2) is 13.1 Å². The second-order valence-electron chi connectivity index (χ2n) is 5.05. The van der Waals surface area contributed by atoms with Crippen LogP contribution in [0.4, 0.5) is 0 Å². The normalized spacial score (nSPS) is 34.4. The highest BCUT2D eigenvalue weighted by atomic mass is 32.2. The molecule has 104 valence electrons. The Morgan fingerprint density at radius 2 is 2.32 bits per heavy atom. The molecule has 1 saturated heterocycles. The molecule has 4 unspecified atom stereocenters. The number of sulfonamides is 1. The summed E-state index contributed by atoms with van der Waals surface area (Å²) in [6.45, 7) is 0.680. The van der Waals surface area contributed by atoms with Gasteiger partial charge in [0.25, 0.3) is 0 Å². The summed E-state index contributed by atoms with van der Waals surface area (Å²) in [5, 5.41) is 0. The van der Waals surface area contributed by atoms with Crippen LogP contribution in [0, 0.1) is 5.92 Å². The zero-order chi connectivity index (χ0) is 13.5. The Labute approximate surface area is 112 Å². The van der Waals surface area contributed by atoms with E-state index in [-0.39, 0.29) is 29.0 Å². The number of nitrogens with zero attached hydrogens (tertiary/aromatic N) is 1. The number of nitrogens with two attached hydrogens (primary N) is 1. The Bertz CT molecular complexity index is 549. The SMILES string of the molecule is NC1C2CCCOC2C1NS(=O)(=O)c1cccnc1. The monoisotopic (exact) mass is 283 g/mol. The zero-order valence-electron chi connectivity index (χ0n) is 10.4. The van der Waals surface area contributed by atoms with Crippen LogP contribution in [0.15, 0.2) is 29.4 Å². The van der Waals surface area contributed by atoms with Gasteiger partial charge in [-0.05, 0) is 25.0 Å². The highest BCUT2D eigenvalue weighted by Gasteiger charge is 2.51. The van der Waals surface area contributed by atoms with Crippen molar-refractivity contribution in [1.82, 2.24) is 9.71 Å². The second-order valence-corrected chi connectivity index (χ2v) is 6.77. The minimum atomic E-state index is -3.58. The summed E-state index contributed by atoms with van der Waals surface area (Å²) in [6.07, 6.45) is 4.78. The molecule has 1 aliphatic heterocycles. The van der Waals surface area contributed by atoms with E-state index in [0.29, 0.717) is 6.61 Å². The molecule has 1 aromatic heterocycles. The number of rotatable bonds is 3. The molecule has 7 heteroatoms. The molecule has 2 heterocycles. The summed E-state index contributed by atoms with van der Waals surface area (Å²) in [6, 6.07) is 2.60. The van der Waals surface area contributed by atoms with E-state index >= 15 is 0 Å². The molecule has 2 aliphatic rings. The van der Waals surface area contributed by atoms with E-state index in [1.54, 1.807) is 6.07 Å². The van der Waals surface area contributed by atoms with Crippen molar-refractivity contribution in [2.45, 2.75) is 35.9 Å². The zero-order valence-corrected chi connectivity index (χ0v) is 11.2. The third-order valence-electron chi connectivity index (χ3n) is 3.91. The number of pyridine rings is 1. The van der Waals surface area contributed by atoms with Crippen molar-refractivity contribution in [3.63, 3.8) is 0 Å². The number of nitrogens with one attached hydrogen (secondary N) is 1. The van der Waals surface area contributed by atoms with Gasteiger partial charge in [-0.2, -0.15) is 0 Å². The lowest BCUT2D eigenvalue weighted by Gasteiger charge is -2.52. The fourth-order valence-corrected chi connectivity index (χ4v) is 4.09. The first-order valence-electron chi connectivity index (χ1n) is 6.39. The summed E-state index contributed by atoms with van der Waals surface area (Å²) in [5.41, 5.74) is 6.04. The molecule has 0 aromatic carbocycles. The first kappa shape index (κ1) is 13.0. The standard InChI is InChI=1S/C12H17N3O3S/c13-10-9-4-2-6-18-12(9)11(10)15-19(16,17)8-3-1-5-14-7-8/h1,3,5,7,9-12,15H,2,4,6,13H2. The van der Waals surface area contributed by atoms with Crippen LogP contribution in [0.3, 0.4) is 0 Å². The van der Waals surface area contributed by atoms with Crippen LogP contribution in [0.1, 0.15) is 12.8 Å². The van der Waals surface area contributed by atoms with E-state index in [1.165, 1.54) is 18.5 Å². The third kappa shape index (κ3) is 2.27. The molecule has 4 atom stereocenters. The third-order valence-corrected chi connectivity index (χ3v) is 5.36. The first-order chi connectivity index (χ1) is 9.09. The number of fused-ring (bicyclic) bond motifs is 1.